The number of carbonyl (C=O) groups is 3. The minimum atomic E-state index is -0.621. The van der Waals surface area contributed by atoms with Crippen molar-refractivity contribution in [1.29, 1.82) is 5.26 Å². The zero-order valence-corrected chi connectivity index (χ0v) is 20.1. The molecule has 3 aliphatic heterocycles. The van der Waals surface area contributed by atoms with Crippen molar-refractivity contribution in [3.63, 3.8) is 0 Å². The lowest BCUT2D eigenvalue weighted by Crippen LogP contribution is -2.52. The van der Waals surface area contributed by atoms with E-state index in [0.717, 1.165) is 42.5 Å². The molecule has 1 aromatic heterocycles. The number of nitriles is 1. The van der Waals surface area contributed by atoms with E-state index >= 15 is 0 Å². The first kappa shape index (κ1) is 23.1. The highest BCUT2D eigenvalue weighted by Crippen LogP contribution is 2.31. The van der Waals surface area contributed by atoms with Crippen molar-refractivity contribution in [2.24, 2.45) is 0 Å². The molecule has 0 spiro atoms. The van der Waals surface area contributed by atoms with Crippen LogP contribution in [0.25, 0.3) is 10.9 Å². The molecule has 0 radical (unpaired) electrons. The number of pyridine rings is 1. The number of nitrogens with one attached hydrogen (secondary N) is 1. The van der Waals surface area contributed by atoms with Crippen LogP contribution in [0, 0.1) is 11.3 Å². The quantitative estimate of drug-likeness (QED) is 0.541. The topological polar surface area (TPSA) is 116 Å². The van der Waals surface area contributed by atoms with Crippen molar-refractivity contribution in [3.8, 4) is 11.8 Å². The zero-order chi connectivity index (χ0) is 25.5. The van der Waals surface area contributed by atoms with Gasteiger partial charge >= 0.3 is 0 Å². The number of aromatic nitrogens is 1. The predicted molar refractivity (Wildman–Crippen MR) is 133 cm³/mol. The fourth-order valence-corrected chi connectivity index (χ4v) is 5.45. The summed E-state index contributed by atoms with van der Waals surface area (Å²) in [5, 5.41) is 12.4. The maximum Gasteiger partial charge on any atom is 0.255 e. The summed E-state index contributed by atoms with van der Waals surface area (Å²) in [6, 6.07) is 16.7. The predicted octanol–water partition coefficient (Wildman–Crippen LogP) is 2.52. The summed E-state index contributed by atoms with van der Waals surface area (Å²) in [6.07, 6.45) is 1.53. The Morgan fingerprint density at radius 3 is 2.81 bits per heavy atom. The number of amides is 3. The van der Waals surface area contributed by atoms with E-state index in [-0.39, 0.29) is 24.3 Å². The molecule has 2 fully saturated rings. The Hall–Kier alpha value is -4.29. The highest BCUT2D eigenvalue weighted by Gasteiger charge is 2.39. The van der Waals surface area contributed by atoms with Gasteiger partial charge in [0.2, 0.25) is 11.8 Å². The Balaban J connectivity index is 1.08. The lowest BCUT2D eigenvalue weighted by Gasteiger charge is -2.29. The molecule has 2 saturated heterocycles. The van der Waals surface area contributed by atoms with Crippen LogP contribution in [0.2, 0.25) is 0 Å². The van der Waals surface area contributed by atoms with Crippen LogP contribution in [0.1, 0.15) is 46.4 Å². The average Bonchev–Trinajstić information content (AvgIpc) is 3.47. The van der Waals surface area contributed by atoms with Crippen LogP contribution in [0.3, 0.4) is 0 Å². The molecule has 37 heavy (non-hydrogen) atoms. The van der Waals surface area contributed by atoms with E-state index in [0.29, 0.717) is 30.0 Å². The van der Waals surface area contributed by atoms with E-state index in [1.165, 1.54) is 5.56 Å². The van der Waals surface area contributed by atoms with Crippen molar-refractivity contribution in [2.45, 2.75) is 44.5 Å². The molecule has 9 heteroatoms. The van der Waals surface area contributed by atoms with Crippen LogP contribution in [0.4, 0.5) is 0 Å². The van der Waals surface area contributed by atoms with Crippen LogP contribution in [-0.2, 0) is 22.7 Å². The van der Waals surface area contributed by atoms with Crippen molar-refractivity contribution >= 4 is 28.6 Å². The Labute approximate surface area is 213 Å². The molecule has 0 aliphatic carbocycles. The monoisotopic (exact) mass is 495 g/mol. The van der Waals surface area contributed by atoms with E-state index in [9.17, 15) is 14.4 Å². The van der Waals surface area contributed by atoms with Gasteiger partial charge in [0.15, 0.2) is 0 Å². The lowest BCUT2D eigenvalue weighted by molar-refractivity contribution is -0.136. The van der Waals surface area contributed by atoms with Crippen molar-refractivity contribution in [2.75, 3.05) is 13.1 Å². The van der Waals surface area contributed by atoms with Crippen molar-refractivity contribution < 1.29 is 19.1 Å². The van der Waals surface area contributed by atoms with Gasteiger partial charge in [-0.1, -0.05) is 6.07 Å². The molecule has 3 aliphatic rings. The number of carbonyl (C=O) groups excluding carboxylic acids is 3. The molecule has 3 amide bonds. The molecule has 2 atom stereocenters. The van der Waals surface area contributed by atoms with Gasteiger partial charge in [-0.05, 0) is 66.4 Å². The number of nitrogens with zero attached hydrogens (tertiary/aromatic N) is 4. The standard InChI is InChI=1S/C28H25N5O4/c29-13-20-3-2-18-11-17(1-6-24(18)30-20)14-32-10-9-22(16-32)37-21-4-5-23-19(12-21)15-33(28(23)36)25-7-8-26(34)31-27(25)35/h1-6,11-12,22,25H,7-10,14-16H2,(H,31,34,35)/t22-,25-/m0/s1. The molecule has 9 nitrogen and oxygen atoms in total. The number of likely N-dealkylation sites (tertiary alicyclic amines) is 1. The molecule has 2 aromatic carbocycles. The van der Waals surface area contributed by atoms with Crippen LogP contribution in [0.15, 0.2) is 48.5 Å². The molecule has 0 bridgehead atoms. The van der Waals surface area contributed by atoms with Gasteiger partial charge in [0.1, 0.15) is 29.7 Å². The number of benzene rings is 2. The summed E-state index contributed by atoms with van der Waals surface area (Å²) in [6.45, 7) is 2.85. The third kappa shape index (κ3) is 4.52. The summed E-state index contributed by atoms with van der Waals surface area (Å²) >= 11 is 0. The van der Waals surface area contributed by atoms with Gasteiger partial charge in [0, 0.05) is 43.5 Å². The minimum Gasteiger partial charge on any atom is -0.489 e. The number of imide groups is 1. The van der Waals surface area contributed by atoms with Gasteiger partial charge in [0.25, 0.3) is 5.91 Å². The highest BCUT2D eigenvalue weighted by molar-refractivity contribution is 6.05. The van der Waals surface area contributed by atoms with Gasteiger partial charge in [-0.3, -0.25) is 24.6 Å². The van der Waals surface area contributed by atoms with Crippen LogP contribution in [0.5, 0.6) is 5.75 Å². The van der Waals surface area contributed by atoms with Crippen LogP contribution >= 0.6 is 0 Å². The van der Waals surface area contributed by atoms with Gasteiger partial charge in [0.05, 0.1) is 5.52 Å². The number of piperidine rings is 1. The van der Waals surface area contributed by atoms with Crippen molar-refractivity contribution in [3.05, 3.63) is 70.9 Å². The van der Waals surface area contributed by atoms with Gasteiger partial charge < -0.3 is 9.64 Å². The molecule has 0 unspecified atom stereocenters. The van der Waals surface area contributed by atoms with Crippen LogP contribution < -0.4 is 10.1 Å². The van der Waals surface area contributed by atoms with Gasteiger partial charge in [-0.25, -0.2) is 4.98 Å². The number of hydrogen-bond donors (Lipinski definition) is 1. The Bertz CT molecular complexity index is 1480. The SMILES string of the molecule is N#Cc1ccc2cc(CN3CC[C@H](Oc4ccc5c(c4)CN([C@H]4CCC(=O)NC4=O)C5=O)C3)ccc2n1. The molecular formula is C28H25N5O4. The van der Waals surface area contributed by atoms with Crippen LogP contribution in [-0.4, -0.2) is 57.7 Å². The first-order chi connectivity index (χ1) is 18.0. The van der Waals surface area contributed by atoms with E-state index in [1.54, 1.807) is 17.0 Å². The molecule has 186 valence electrons. The number of hydrogen-bond acceptors (Lipinski definition) is 7. The average molecular weight is 496 g/mol. The summed E-state index contributed by atoms with van der Waals surface area (Å²) in [7, 11) is 0. The summed E-state index contributed by atoms with van der Waals surface area (Å²) in [5.74, 6) is -0.167. The highest BCUT2D eigenvalue weighted by atomic mass is 16.5. The normalized spacial score (nSPS) is 21.7. The molecule has 4 heterocycles. The third-order valence-electron chi connectivity index (χ3n) is 7.30. The summed E-state index contributed by atoms with van der Waals surface area (Å²) < 4.78 is 6.28. The molecule has 6 rings (SSSR count). The molecule has 3 aromatic rings. The second-order valence-electron chi connectivity index (χ2n) is 9.82. The summed E-state index contributed by atoms with van der Waals surface area (Å²) in [4.78, 5) is 44.9. The molecular weight excluding hydrogens is 470 g/mol. The van der Waals surface area contributed by atoms with Gasteiger partial charge in [-0.15, -0.1) is 0 Å². The first-order valence-corrected chi connectivity index (χ1v) is 12.4. The number of ether oxygens (including phenoxy) is 1. The fourth-order valence-electron chi connectivity index (χ4n) is 5.45. The molecule has 1 N–H and O–H groups in total. The number of rotatable bonds is 5. The smallest absolute Gasteiger partial charge is 0.255 e. The fraction of sp³-hybridized carbons (Fsp3) is 0.321. The summed E-state index contributed by atoms with van der Waals surface area (Å²) in [5.41, 5.74) is 3.84. The van der Waals surface area contributed by atoms with Gasteiger partial charge in [-0.2, -0.15) is 5.26 Å². The maximum atomic E-state index is 12.9. The zero-order valence-electron chi connectivity index (χ0n) is 20.1. The third-order valence-corrected chi connectivity index (χ3v) is 7.30. The minimum absolute atomic E-state index is 0.0432. The second kappa shape index (κ2) is 9.30. The maximum absolute atomic E-state index is 12.9. The first-order valence-electron chi connectivity index (χ1n) is 12.4. The second-order valence-corrected chi connectivity index (χ2v) is 9.82. The van der Waals surface area contributed by atoms with E-state index < -0.39 is 11.9 Å². The van der Waals surface area contributed by atoms with Crippen molar-refractivity contribution in [1.82, 2.24) is 20.1 Å². The largest absolute Gasteiger partial charge is 0.489 e. The Morgan fingerprint density at radius 1 is 1.08 bits per heavy atom. The van der Waals surface area contributed by atoms with E-state index in [1.807, 2.05) is 24.3 Å². The lowest BCUT2D eigenvalue weighted by atomic mass is 10.0. The Kier molecular flexibility index (Phi) is 5.81. The Morgan fingerprint density at radius 2 is 1.97 bits per heavy atom. The molecule has 0 saturated carbocycles. The van der Waals surface area contributed by atoms with E-state index in [4.69, 9.17) is 10.00 Å². The van der Waals surface area contributed by atoms with E-state index in [2.05, 4.69) is 33.4 Å². The number of fused-ring (bicyclic) bond motifs is 2.